The minimum absolute atomic E-state index is 0.0129. The summed E-state index contributed by atoms with van der Waals surface area (Å²) in [7, 11) is 0. The van der Waals surface area contributed by atoms with Gasteiger partial charge in [0.2, 0.25) is 0 Å². The lowest BCUT2D eigenvalue weighted by Crippen LogP contribution is -2.44. The van der Waals surface area contributed by atoms with Crippen LogP contribution in [0.3, 0.4) is 0 Å². The number of nitrogens with zero attached hydrogens (tertiary/aromatic N) is 1. The zero-order valence-corrected chi connectivity index (χ0v) is 19.9. The van der Waals surface area contributed by atoms with Gasteiger partial charge in [0.05, 0.1) is 6.54 Å². The van der Waals surface area contributed by atoms with Crippen molar-refractivity contribution in [1.82, 2.24) is 5.32 Å². The molecular formula is C26H32N2O6. The number of alkyl carbamates (subject to hydrolysis) is 1. The Morgan fingerprint density at radius 3 is 2.26 bits per heavy atom. The fraction of sp³-hybridized carbons (Fsp3) is 0.385. The average molecular weight is 469 g/mol. The number of nitrogens with one attached hydrogen (secondary N) is 1. The second kappa shape index (κ2) is 13.8. The van der Waals surface area contributed by atoms with Gasteiger partial charge in [-0.05, 0) is 38.3 Å². The SMILES string of the molecule is CC(C)(C)OC(=O)N[C@@H](CCC(=O)OCCN=Cc1ccccc1)C(=O)OCc1ccccc1. The van der Waals surface area contributed by atoms with Crippen LogP contribution in [0.2, 0.25) is 0 Å². The first-order valence-electron chi connectivity index (χ1n) is 11.1. The maximum atomic E-state index is 12.6. The fourth-order valence-corrected chi connectivity index (χ4v) is 2.78. The van der Waals surface area contributed by atoms with Gasteiger partial charge in [0.1, 0.15) is 24.9 Å². The molecule has 34 heavy (non-hydrogen) atoms. The second-order valence-corrected chi connectivity index (χ2v) is 8.50. The van der Waals surface area contributed by atoms with Crippen molar-refractivity contribution in [3.8, 4) is 0 Å². The van der Waals surface area contributed by atoms with E-state index in [-0.39, 0.29) is 26.1 Å². The standard InChI is InChI=1S/C26H32N2O6/c1-26(2,3)34-25(31)28-22(24(30)33-19-21-12-8-5-9-13-21)14-15-23(29)32-17-16-27-18-20-10-6-4-7-11-20/h4-13,18,22H,14-17,19H2,1-3H3,(H,28,31)/t22-/m0/s1. The van der Waals surface area contributed by atoms with Gasteiger partial charge in [-0.2, -0.15) is 0 Å². The first kappa shape index (κ1) is 26.6. The van der Waals surface area contributed by atoms with Crippen LogP contribution in [0, 0.1) is 0 Å². The van der Waals surface area contributed by atoms with Gasteiger partial charge in [-0.1, -0.05) is 60.7 Å². The molecule has 8 heteroatoms. The molecule has 0 heterocycles. The predicted molar refractivity (Wildman–Crippen MR) is 128 cm³/mol. The number of amides is 1. The largest absolute Gasteiger partial charge is 0.464 e. The molecule has 0 bridgehead atoms. The van der Waals surface area contributed by atoms with E-state index in [9.17, 15) is 14.4 Å². The summed E-state index contributed by atoms with van der Waals surface area (Å²) in [5, 5.41) is 2.49. The van der Waals surface area contributed by atoms with E-state index in [4.69, 9.17) is 14.2 Å². The molecule has 0 radical (unpaired) electrons. The predicted octanol–water partition coefficient (Wildman–Crippen LogP) is 4.07. The first-order chi connectivity index (χ1) is 16.2. The van der Waals surface area contributed by atoms with E-state index in [1.54, 1.807) is 27.0 Å². The summed E-state index contributed by atoms with van der Waals surface area (Å²) in [5.74, 6) is -1.16. The van der Waals surface area contributed by atoms with Crippen LogP contribution >= 0.6 is 0 Å². The zero-order valence-electron chi connectivity index (χ0n) is 19.9. The molecule has 0 aliphatic carbocycles. The van der Waals surface area contributed by atoms with Crippen LogP contribution in [0.1, 0.15) is 44.7 Å². The Bertz CT molecular complexity index is 939. The Labute approximate surface area is 200 Å². The van der Waals surface area contributed by atoms with Crippen LogP contribution in [0.4, 0.5) is 4.79 Å². The normalized spacial score (nSPS) is 12.1. The van der Waals surface area contributed by atoms with Gasteiger partial charge in [-0.3, -0.25) is 9.79 Å². The van der Waals surface area contributed by atoms with Crippen molar-refractivity contribution in [3.63, 3.8) is 0 Å². The van der Waals surface area contributed by atoms with E-state index in [1.807, 2.05) is 60.7 Å². The van der Waals surface area contributed by atoms with Crippen LogP contribution in [0.15, 0.2) is 65.7 Å². The number of hydrogen-bond acceptors (Lipinski definition) is 7. The summed E-state index contributed by atoms with van der Waals surface area (Å²) < 4.78 is 15.7. The first-order valence-corrected chi connectivity index (χ1v) is 11.1. The highest BCUT2D eigenvalue weighted by Crippen LogP contribution is 2.10. The van der Waals surface area contributed by atoms with Crippen molar-refractivity contribution in [2.75, 3.05) is 13.2 Å². The molecule has 0 unspecified atom stereocenters. The molecule has 2 aromatic carbocycles. The van der Waals surface area contributed by atoms with E-state index < -0.39 is 29.7 Å². The number of benzene rings is 2. The molecule has 1 N–H and O–H groups in total. The fourth-order valence-electron chi connectivity index (χ4n) is 2.78. The molecule has 182 valence electrons. The number of aliphatic imine (C=N–C) groups is 1. The molecule has 0 spiro atoms. The molecule has 8 nitrogen and oxygen atoms in total. The van der Waals surface area contributed by atoms with E-state index in [0.29, 0.717) is 6.54 Å². The second-order valence-electron chi connectivity index (χ2n) is 8.50. The summed E-state index contributed by atoms with van der Waals surface area (Å²) in [6, 6.07) is 17.7. The number of esters is 2. The Balaban J connectivity index is 1.82. The summed E-state index contributed by atoms with van der Waals surface area (Å²) >= 11 is 0. The molecule has 0 aromatic heterocycles. The van der Waals surface area contributed by atoms with Crippen molar-refractivity contribution < 1.29 is 28.6 Å². The maximum absolute atomic E-state index is 12.6. The van der Waals surface area contributed by atoms with Crippen LogP contribution in [0.5, 0.6) is 0 Å². The molecule has 2 aromatic rings. The maximum Gasteiger partial charge on any atom is 0.408 e. The quantitative estimate of drug-likeness (QED) is 0.231. The van der Waals surface area contributed by atoms with Gasteiger partial charge < -0.3 is 19.5 Å². The van der Waals surface area contributed by atoms with Gasteiger partial charge in [0.25, 0.3) is 0 Å². The van der Waals surface area contributed by atoms with Crippen LogP contribution in [-0.2, 0) is 30.4 Å². The number of ether oxygens (including phenoxy) is 3. The molecular weight excluding hydrogens is 436 g/mol. The number of hydrogen-bond donors (Lipinski definition) is 1. The van der Waals surface area contributed by atoms with Crippen molar-refractivity contribution in [1.29, 1.82) is 0 Å². The Morgan fingerprint density at radius 1 is 0.971 bits per heavy atom. The minimum atomic E-state index is -1.05. The summed E-state index contributed by atoms with van der Waals surface area (Å²) in [5.41, 5.74) is 1.03. The average Bonchev–Trinajstić information content (AvgIpc) is 2.80. The summed E-state index contributed by atoms with van der Waals surface area (Å²) in [6.45, 7) is 5.63. The monoisotopic (exact) mass is 468 g/mol. The van der Waals surface area contributed by atoms with Gasteiger partial charge >= 0.3 is 18.0 Å². The van der Waals surface area contributed by atoms with Gasteiger partial charge in [0.15, 0.2) is 0 Å². The lowest BCUT2D eigenvalue weighted by molar-refractivity contribution is -0.148. The Hall–Kier alpha value is -3.68. The van der Waals surface area contributed by atoms with Crippen LogP contribution in [0.25, 0.3) is 0 Å². The minimum Gasteiger partial charge on any atom is -0.464 e. The Kier molecular flexibility index (Phi) is 10.8. The molecule has 0 fully saturated rings. The summed E-state index contributed by atoms with van der Waals surface area (Å²) in [4.78, 5) is 41.1. The highest BCUT2D eigenvalue weighted by atomic mass is 16.6. The van der Waals surface area contributed by atoms with Crippen molar-refractivity contribution >= 4 is 24.2 Å². The lowest BCUT2D eigenvalue weighted by atomic mass is 10.1. The van der Waals surface area contributed by atoms with Crippen molar-refractivity contribution in [2.24, 2.45) is 4.99 Å². The van der Waals surface area contributed by atoms with Crippen molar-refractivity contribution in [3.05, 3.63) is 71.8 Å². The van der Waals surface area contributed by atoms with Gasteiger partial charge in [0, 0.05) is 12.6 Å². The van der Waals surface area contributed by atoms with E-state index in [1.165, 1.54) is 0 Å². The highest BCUT2D eigenvalue weighted by Gasteiger charge is 2.26. The molecule has 0 aliphatic heterocycles. The van der Waals surface area contributed by atoms with E-state index in [0.717, 1.165) is 11.1 Å². The molecule has 2 rings (SSSR count). The van der Waals surface area contributed by atoms with Crippen LogP contribution < -0.4 is 5.32 Å². The molecule has 0 saturated heterocycles. The van der Waals surface area contributed by atoms with Crippen LogP contribution in [-0.4, -0.2) is 49.0 Å². The van der Waals surface area contributed by atoms with E-state index in [2.05, 4.69) is 10.3 Å². The lowest BCUT2D eigenvalue weighted by Gasteiger charge is -2.23. The third kappa shape index (κ3) is 11.3. The smallest absolute Gasteiger partial charge is 0.408 e. The molecule has 1 amide bonds. The van der Waals surface area contributed by atoms with Gasteiger partial charge in [-0.25, -0.2) is 9.59 Å². The molecule has 0 saturated carbocycles. The number of rotatable bonds is 11. The van der Waals surface area contributed by atoms with Crippen molar-refractivity contribution in [2.45, 2.75) is 51.9 Å². The zero-order chi connectivity index (χ0) is 24.8. The molecule has 1 atom stereocenters. The number of carbonyl (C=O) groups is 3. The van der Waals surface area contributed by atoms with E-state index >= 15 is 0 Å². The topological polar surface area (TPSA) is 103 Å². The Morgan fingerprint density at radius 2 is 1.62 bits per heavy atom. The highest BCUT2D eigenvalue weighted by molar-refractivity contribution is 5.82. The van der Waals surface area contributed by atoms with Gasteiger partial charge in [-0.15, -0.1) is 0 Å². The summed E-state index contributed by atoms with van der Waals surface area (Å²) in [6.07, 6.45) is 0.873. The number of carbonyl (C=O) groups excluding carboxylic acids is 3. The molecule has 0 aliphatic rings. The third-order valence-electron chi connectivity index (χ3n) is 4.36. The third-order valence-corrected chi connectivity index (χ3v) is 4.36.